The second-order valence-corrected chi connectivity index (χ2v) is 1.98. The van der Waals surface area contributed by atoms with Gasteiger partial charge in [0.1, 0.15) is 0 Å². The minimum atomic E-state index is -0.392. The van der Waals surface area contributed by atoms with Crippen LogP contribution in [0.5, 0.6) is 0 Å². The lowest BCUT2D eigenvalue weighted by Gasteiger charge is -1.98. The Morgan fingerprint density at radius 1 is 1.50 bits per heavy atom. The Hall–Kier alpha value is -0.380. The summed E-state index contributed by atoms with van der Waals surface area (Å²) in [5.41, 5.74) is 0.602. The Balaban J connectivity index is 0. The molecule has 5 heteroatoms. The first kappa shape index (κ1) is 14.2. The van der Waals surface area contributed by atoms with Crippen LogP contribution in [0.3, 0.4) is 0 Å². The van der Waals surface area contributed by atoms with Gasteiger partial charge in [-0.05, 0) is 13.1 Å². The maximum atomic E-state index is 12.6. The molecule has 0 saturated heterocycles. The van der Waals surface area contributed by atoms with Crippen LogP contribution in [0.4, 0.5) is 4.39 Å². The van der Waals surface area contributed by atoms with Crippen LogP contribution >= 0.6 is 24.8 Å². The molecule has 0 saturated carbocycles. The highest BCUT2D eigenvalue weighted by Gasteiger charge is 1.97. The van der Waals surface area contributed by atoms with Gasteiger partial charge in [-0.1, -0.05) is 6.07 Å². The van der Waals surface area contributed by atoms with Crippen molar-refractivity contribution in [2.75, 3.05) is 7.05 Å². The zero-order valence-electron chi connectivity index (χ0n) is 6.58. The molecule has 0 aliphatic heterocycles. The standard InChI is InChI=1S/C7H9FN2.2ClH/c1-9-5-6-3-2-4-10-7(6)8;;/h2-4,9H,5H2,1H3;2*1H. The molecule has 0 amide bonds. The smallest absolute Gasteiger partial charge is 0.217 e. The molecule has 1 N–H and O–H groups in total. The van der Waals surface area contributed by atoms with Crippen LogP contribution in [0, 0.1) is 5.95 Å². The monoisotopic (exact) mass is 212 g/mol. The van der Waals surface area contributed by atoms with Gasteiger partial charge in [-0.15, -0.1) is 24.8 Å². The highest BCUT2D eigenvalue weighted by atomic mass is 35.5. The van der Waals surface area contributed by atoms with E-state index in [1.807, 2.05) is 0 Å². The Labute approximate surface area is 83.4 Å². The van der Waals surface area contributed by atoms with E-state index in [4.69, 9.17) is 0 Å². The minimum absolute atomic E-state index is 0. The molecule has 0 unspecified atom stereocenters. The molecule has 0 fully saturated rings. The van der Waals surface area contributed by atoms with Crippen molar-refractivity contribution in [3.05, 3.63) is 29.8 Å². The Morgan fingerprint density at radius 3 is 2.67 bits per heavy atom. The third-order valence-electron chi connectivity index (χ3n) is 1.20. The lowest BCUT2D eigenvalue weighted by atomic mass is 10.3. The number of halogens is 3. The molecule has 1 aromatic rings. The van der Waals surface area contributed by atoms with Crippen LogP contribution in [0.15, 0.2) is 18.3 Å². The second-order valence-electron chi connectivity index (χ2n) is 1.98. The van der Waals surface area contributed by atoms with Crippen LogP contribution in [-0.2, 0) is 6.54 Å². The first-order valence-electron chi connectivity index (χ1n) is 3.08. The molecule has 1 rings (SSSR count). The SMILES string of the molecule is CNCc1cccnc1F.Cl.Cl. The maximum absolute atomic E-state index is 12.6. The Morgan fingerprint density at radius 2 is 2.17 bits per heavy atom. The van der Waals surface area contributed by atoms with Crippen molar-refractivity contribution < 1.29 is 4.39 Å². The van der Waals surface area contributed by atoms with Gasteiger partial charge in [0.2, 0.25) is 5.95 Å². The maximum Gasteiger partial charge on any atom is 0.217 e. The molecular weight excluding hydrogens is 202 g/mol. The quantitative estimate of drug-likeness (QED) is 0.757. The second kappa shape index (κ2) is 7.28. The third kappa shape index (κ3) is 3.85. The van der Waals surface area contributed by atoms with Gasteiger partial charge in [0.25, 0.3) is 0 Å². The Kier molecular flexibility index (Phi) is 8.59. The van der Waals surface area contributed by atoms with Crippen molar-refractivity contribution in [1.82, 2.24) is 10.3 Å². The minimum Gasteiger partial charge on any atom is -0.316 e. The molecule has 1 aromatic heterocycles. The van der Waals surface area contributed by atoms with Crippen LogP contribution < -0.4 is 5.32 Å². The van der Waals surface area contributed by atoms with E-state index < -0.39 is 5.95 Å². The van der Waals surface area contributed by atoms with Crippen LogP contribution in [0.25, 0.3) is 0 Å². The number of nitrogens with zero attached hydrogens (tertiary/aromatic N) is 1. The summed E-state index contributed by atoms with van der Waals surface area (Å²) >= 11 is 0. The van der Waals surface area contributed by atoms with Crippen molar-refractivity contribution >= 4 is 24.8 Å². The van der Waals surface area contributed by atoms with Crippen molar-refractivity contribution in [3.63, 3.8) is 0 Å². The molecule has 0 radical (unpaired) electrons. The largest absolute Gasteiger partial charge is 0.316 e. The number of pyridine rings is 1. The molecule has 12 heavy (non-hydrogen) atoms. The summed E-state index contributed by atoms with van der Waals surface area (Å²) in [4.78, 5) is 3.49. The lowest BCUT2D eigenvalue weighted by Crippen LogP contribution is -2.07. The van der Waals surface area contributed by atoms with Gasteiger partial charge < -0.3 is 5.32 Å². The van der Waals surface area contributed by atoms with Crippen LogP contribution in [-0.4, -0.2) is 12.0 Å². The number of hydrogen-bond acceptors (Lipinski definition) is 2. The third-order valence-corrected chi connectivity index (χ3v) is 1.20. The van der Waals surface area contributed by atoms with E-state index in [9.17, 15) is 4.39 Å². The molecule has 0 aliphatic rings. The van der Waals surface area contributed by atoms with Crippen molar-refractivity contribution in [2.24, 2.45) is 0 Å². The fourth-order valence-corrected chi connectivity index (χ4v) is 0.742. The molecule has 0 aromatic carbocycles. The molecule has 1 heterocycles. The zero-order chi connectivity index (χ0) is 7.40. The zero-order valence-corrected chi connectivity index (χ0v) is 8.21. The average Bonchev–Trinajstić information content (AvgIpc) is 1.94. The molecule has 0 atom stereocenters. The number of rotatable bonds is 2. The van der Waals surface area contributed by atoms with E-state index >= 15 is 0 Å². The molecule has 0 spiro atoms. The van der Waals surface area contributed by atoms with E-state index in [1.165, 1.54) is 6.20 Å². The van der Waals surface area contributed by atoms with Gasteiger partial charge in [-0.2, -0.15) is 4.39 Å². The van der Waals surface area contributed by atoms with Gasteiger partial charge in [-0.25, -0.2) is 4.98 Å². The summed E-state index contributed by atoms with van der Waals surface area (Å²) in [6.07, 6.45) is 1.44. The fraction of sp³-hybridized carbons (Fsp3) is 0.286. The summed E-state index contributed by atoms with van der Waals surface area (Å²) in [5, 5.41) is 2.84. The normalized spacial score (nSPS) is 8.17. The van der Waals surface area contributed by atoms with E-state index in [1.54, 1.807) is 19.2 Å². The van der Waals surface area contributed by atoms with E-state index in [0.29, 0.717) is 12.1 Å². The number of hydrogen-bond donors (Lipinski definition) is 1. The highest BCUT2D eigenvalue weighted by molar-refractivity contribution is 5.85. The molecule has 0 aliphatic carbocycles. The first-order valence-corrected chi connectivity index (χ1v) is 3.08. The van der Waals surface area contributed by atoms with E-state index in [0.717, 1.165) is 0 Å². The summed E-state index contributed by atoms with van der Waals surface area (Å²) in [5.74, 6) is -0.392. The molecule has 0 bridgehead atoms. The van der Waals surface area contributed by atoms with Crippen molar-refractivity contribution in [1.29, 1.82) is 0 Å². The predicted molar refractivity (Wildman–Crippen MR) is 51.5 cm³/mol. The highest BCUT2D eigenvalue weighted by Crippen LogP contribution is 2.00. The number of aromatic nitrogens is 1. The Bertz CT molecular complexity index is 220. The summed E-state index contributed by atoms with van der Waals surface area (Å²) in [6, 6.07) is 3.43. The van der Waals surface area contributed by atoms with E-state index in [2.05, 4.69) is 10.3 Å². The summed E-state index contributed by atoms with van der Waals surface area (Å²) in [7, 11) is 1.77. The van der Waals surface area contributed by atoms with Gasteiger partial charge in [0.15, 0.2) is 0 Å². The topological polar surface area (TPSA) is 24.9 Å². The van der Waals surface area contributed by atoms with Crippen molar-refractivity contribution in [3.8, 4) is 0 Å². The first-order chi connectivity index (χ1) is 4.84. The van der Waals surface area contributed by atoms with Crippen molar-refractivity contribution in [2.45, 2.75) is 6.54 Å². The van der Waals surface area contributed by atoms with Gasteiger partial charge >= 0.3 is 0 Å². The summed E-state index contributed by atoms with van der Waals surface area (Å²) in [6.45, 7) is 0.527. The lowest BCUT2D eigenvalue weighted by molar-refractivity contribution is 0.559. The van der Waals surface area contributed by atoms with E-state index in [-0.39, 0.29) is 24.8 Å². The summed E-state index contributed by atoms with van der Waals surface area (Å²) < 4.78 is 12.6. The van der Waals surface area contributed by atoms with Crippen LogP contribution in [0.1, 0.15) is 5.56 Å². The molecule has 2 nitrogen and oxygen atoms in total. The van der Waals surface area contributed by atoms with Gasteiger partial charge in [0.05, 0.1) is 0 Å². The average molecular weight is 213 g/mol. The molecule has 70 valence electrons. The van der Waals surface area contributed by atoms with Gasteiger partial charge in [0, 0.05) is 18.3 Å². The fourth-order valence-electron chi connectivity index (χ4n) is 0.742. The number of nitrogens with one attached hydrogen (secondary N) is 1. The predicted octanol–water partition coefficient (Wildman–Crippen LogP) is 1.78. The van der Waals surface area contributed by atoms with Gasteiger partial charge in [-0.3, -0.25) is 0 Å². The van der Waals surface area contributed by atoms with Crippen LogP contribution in [0.2, 0.25) is 0 Å². The molecular formula is C7H11Cl2FN2.